The SMILES string of the molecule is COc1ccc(/C=N/N=C/c2cnn(-c3ccccc3)c2)cc1OC. The lowest BCUT2D eigenvalue weighted by Crippen LogP contribution is -1.92. The highest BCUT2D eigenvalue weighted by molar-refractivity contribution is 5.83. The molecule has 0 amide bonds. The molecule has 0 aliphatic carbocycles. The van der Waals surface area contributed by atoms with E-state index in [2.05, 4.69) is 15.3 Å². The number of para-hydroxylation sites is 1. The van der Waals surface area contributed by atoms with Crippen LogP contribution in [0.1, 0.15) is 11.1 Å². The van der Waals surface area contributed by atoms with Gasteiger partial charge in [0.15, 0.2) is 11.5 Å². The van der Waals surface area contributed by atoms with Crippen LogP contribution in [-0.4, -0.2) is 36.4 Å². The van der Waals surface area contributed by atoms with E-state index < -0.39 is 0 Å². The summed E-state index contributed by atoms with van der Waals surface area (Å²) in [7, 11) is 3.20. The molecule has 0 bridgehead atoms. The van der Waals surface area contributed by atoms with Crippen molar-refractivity contribution in [2.45, 2.75) is 0 Å². The largest absolute Gasteiger partial charge is 0.493 e. The van der Waals surface area contributed by atoms with Gasteiger partial charge >= 0.3 is 0 Å². The predicted molar refractivity (Wildman–Crippen MR) is 98.3 cm³/mol. The Hall–Kier alpha value is -3.41. The summed E-state index contributed by atoms with van der Waals surface area (Å²) in [6.45, 7) is 0. The molecule has 0 fully saturated rings. The monoisotopic (exact) mass is 334 g/mol. The number of aromatic nitrogens is 2. The number of ether oxygens (including phenoxy) is 2. The highest BCUT2D eigenvalue weighted by atomic mass is 16.5. The number of methoxy groups -OCH3 is 2. The van der Waals surface area contributed by atoms with E-state index in [-0.39, 0.29) is 0 Å². The third-order valence-electron chi connectivity index (χ3n) is 3.51. The van der Waals surface area contributed by atoms with Gasteiger partial charge in [0.1, 0.15) is 0 Å². The Bertz CT molecular complexity index is 885. The molecule has 3 rings (SSSR count). The first-order valence-electron chi connectivity index (χ1n) is 7.68. The standard InChI is InChI=1S/C19H18N4O2/c1-24-18-9-8-15(10-19(18)25-2)11-20-21-12-16-13-22-23(14-16)17-6-4-3-5-7-17/h3-14H,1-2H3/b20-11+,21-12+. The third-order valence-corrected chi connectivity index (χ3v) is 3.51. The second-order valence-electron chi connectivity index (χ2n) is 5.16. The molecule has 0 atom stereocenters. The van der Waals surface area contributed by atoms with Crippen LogP contribution < -0.4 is 9.47 Å². The fraction of sp³-hybridized carbons (Fsp3) is 0.105. The van der Waals surface area contributed by atoms with E-state index in [0.717, 1.165) is 16.8 Å². The van der Waals surface area contributed by atoms with E-state index in [1.165, 1.54) is 0 Å². The molecule has 0 saturated heterocycles. The third kappa shape index (κ3) is 4.11. The van der Waals surface area contributed by atoms with Gasteiger partial charge in [-0.15, -0.1) is 0 Å². The second-order valence-corrected chi connectivity index (χ2v) is 5.16. The quantitative estimate of drug-likeness (QED) is 0.513. The van der Waals surface area contributed by atoms with Gasteiger partial charge < -0.3 is 9.47 Å². The first-order valence-corrected chi connectivity index (χ1v) is 7.68. The fourth-order valence-corrected chi connectivity index (χ4v) is 2.26. The van der Waals surface area contributed by atoms with Crippen LogP contribution in [0.25, 0.3) is 5.69 Å². The van der Waals surface area contributed by atoms with Crippen LogP contribution in [-0.2, 0) is 0 Å². The minimum absolute atomic E-state index is 0.652. The summed E-state index contributed by atoms with van der Waals surface area (Å²) in [4.78, 5) is 0. The van der Waals surface area contributed by atoms with Crippen molar-refractivity contribution in [2.24, 2.45) is 10.2 Å². The van der Waals surface area contributed by atoms with Gasteiger partial charge in [0.2, 0.25) is 0 Å². The minimum atomic E-state index is 0.652. The maximum absolute atomic E-state index is 5.26. The summed E-state index contributed by atoms with van der Waals surface area (Å²) in [5, 5.41) is 12.4. The summed E-state index contributed by atoms with van der Waals surface area (Å²) in [5.41, 5.74) is 2.74. The van der Waals surface area contributed by atoms with Crippen molar-refractivity contribution in [3.63, 3.8) is 0 Å². The summed E-state index contributed by atoms with van der Waals surface area (Å²) in [6, 6.07) is 15.4. The van der Waals surface area contributed by atoms with Gasteiger partial charge in [0.25, 0.3) is 0 Å². The van der Waals surface area contributed by atoms with Crippen molar-refractivity contribution in [3.05, 3.63) is 72.1 Å². The fourth-order valence-electron chi connectivity index (χ4n) is 2.26. The highest BCUT2D eigenvalue weighted by Gasteiger charge is 2.02. The maximum Gasteiger partial charge on any atom is 0.161 e. The molecule has 6 nitrogen and oxygen atoms in total. The molecule has 0 radical (unpaired) electrons. The minimum Gasteiger partial charge on any atom is -0.493 e. The van der Waals surface area contributed by atoms with Crippen molar-refractivity contribution >= 4 is 12.4 Å². The van der Waals surface area contributed by atoms with Crippen LogP contribution >= 0.6 is 0 Å². The molecule has 0 aliphatic rings. The van der Waals surface area contributed by atoms with Crippen molar-refractivity contribution in [1.29, 1.82) is 0 Å². The molecule has 0 unspecified atom stereocenters. The Morgan fingerprint density at radius 1 is 0.880 bits per heavy atom. The lowest BCUT2D eigenvalue weighted by Gasteiger charge is -2.06. The van der Waals surface area contributed by atoms with E-state index in [1.807, 2.05) is 54.7 Å². The van der Waals surface area contributed by atoms with Crippen molar-refractivity contribution in [1.82, 2.24) is 9.78 Å². The van der Waals surface area contributed by atoms with Gasteiger partial charge in [-0.3, -0.25) is 0 Å². The zero-order valence-electron chi connectivity index (χ0n) is 14.0. The molecule has 1 heterocycles. The van der Waals surface area contributed by atoms with Crippen LogP contribution in [0.3, 0.4) is 0 Å². The second kappa shape index (κ2) is 7.92. The Morgan fingerprint density at radius 3 is 2.32 bits per heavy atom. The average Bonchev–Trinajstić information content (AvgIpc) is 3.14. The Morgan fingerprint density at radius 2 is 1.60 bits per heavy atom. The van der Waals surface area contributed by atoms with Crippen LogP contribution in [0.15, 0.2) is 71.1 Å². The van der Waals surface area contributed by atoms with Gasteiger partial charge in [0, 0.05) is 11.8 Å². The zero-order valence-corrected chi connectivity index (χ0v) is 14.0. The van der Waals surface area contributed by atoms with E-state index in [0.29, 0.717) is 11.5 Å². The summed E-state index contributed by atoms with van der Waals surface area (Å²) < 4.78 is 12.3. The predicted octanol–water partition coefficient (Wildman–Crippen LogP) is 3.34. The molecular weight excluding hydrogens is 316 g/mol. The van der Waals surface area contributed by atoms with E-state index in [4.69, 9.17) is 9.47 Å². The Balaban J connectivity index is 1.67. The van der Waals surface area contributed by atoms with Crippen molar-refractivity contribution < 1.29 is 9.47 Å². The van der Waals surface area contributed by atoms with Crippen LogP contribution in [0.2, 0.25) is 0 Å². The zero-order chi connectivity index (χ0) is 17.5. The van der Waals surface area contributed by atoms with Gasteiger partial charge in [0.05, 0.1) is 38.5 Å². The number of hydrogen-bond acceptors (Lipinski definition) is 5. The first-order chi connectivity index (χ1) is 12.3. The van der Waals surface area contributed by atoms with Crippen LogP contribution in [0.4, 0.5) is 0 Å². The number of hydrogen-bond donors (Lipinski definition) is 0. The van der Waals surface area contributed by atoms with E-state index >= 15 is 0 Å². The summed E-state index contributed by atoms with van der Waals surface area (Å²) in [5.74, 6) is 1.33. The van der Waals surface area contributed by atoms with Gasteiger partial charge in [-0.05, 0) is 35.9 Å². The van der Waals surface area contributed by atoms with Crippen molar-refractivity contribution in [2.75, 3.05) is 14.2 Å². The number of rotatable bonds is 6. The summed E-state index contributed by atoms with van der Waals surface area (Å²) >= 11 is 0. The molecule has 1 aromatic heterocycles. The topological polar surface area (TPSA) is 61.0 Å². The van der Waals surface area contributed by atoms with Crippen LogP contribution in [0, 0.1) is 0 Å². The molecular formula is C19H18N4O2. The van der Waals surface area contributed by atoms with Crippen molar-refractivity contribution in [3.8, 4) is 17.2 Å². The molecule has 0 aliphatic heterocycles. The average molecular weight is 334 g/mol. The molecule has 0 spiro atoms. The molecule has 25 heavy (non-hydrogen) atoms. The van der Waals surface area contributed by atoms with Gasteiger partial charge in [-0.2, -0.15) is 15.3 Å². The lowest BCUT2D eigenvalue weighted by molar-refractivity contribution is 0.355. The molecule has 126 valence electrons. The normalized spacial score (nSPS) is 11.3. The first kappa shape index (κ1) is 16.4. The maximum atomic E-state index is 5.26. The van der Waals surface area contributed by atoms with E-state index in [9.17, 15) is 0 Å². The van der Waals surface area contributed by atoms with Gasteiger partial charge in [-0.25, -0.2) is 4.68 Å². The molecule has 0 N–H and O–H groups in total. The molecule has 0 saturated carbocycles. The smallest absolute Gasteiger partial charge is 0.161 e. The van der Waals surface area contributed by atoms with E-state index in [1.54, 1.807) is 37.5 Å². The van der Waals surface area contributed by atoms with Crippen LogP contribution in [0.5, 0.6) is 11.5 Å². The number of nitrogens with zero attached hydrogens (tertiary/aromatic N) is 4. The lowest BCUT2D eigenvalue weighted by atomic mass is 10.2. The highest BCUT2D eigenvalue weighted by Crippen LogP contribution is 2.26. The Kier molecular flexibility index (Phi) is 5.21. The molecule has 3 aromatic rings. The Labute approximate surface area is 146 Å². The number of benzene rings is 2. The molecule has 6 heteroatoms. The van der Waals surface area contributed by atoms with Gasteiger partial charge in [-0.1, -0.05) is 18.2 Å². The summed E-state index contributed by atoms with van der Waals surface area (Å²) in [6.07, 6.45) is 6.94. The molecule has 2 aromatic carbocycles.